The molecule has 0 bridgehead atoms. The van der Waals surface area contributed by atoms with Gasteiger partial charge in [0.2, 0.25) is 0 Å². The number of aromatic nitrogens is 4. The van der Waals surface area contributed by atoms with Gasteiger partial charge in [0.05, 0.1) is 0 Å². The van der Waals surface area contributed by atoms with Gasteiger partial charge in [-0.3, -0.25) is 0 Å². The average Bonchev–Trinajstić information content (AvgIpc) is 2.73. The zero-order valence-corrected chi connectivity index (χ0v) is 9.32. The van der Waals surface area contributed by atoms with E-state index in [1.807, 2.05) is 30.3 Å². The lowest BCUT2D eigenvalue weighted by atomic mass is 10.1. The lowest BCUT2D eigenvalue weighted by Gasteiger charge is -2.12. The third-order valence-corrected chi connectivity index (χ3v) is 2.51. The Balaban J connectivity index is 2.26. The molecule has 2 aromatic rings. The van der Waals surface area contributed by atoms with Crippen molar-refractivity contribution >= 4 is 5.97 Å². The van der Waals surface area contributed by atoms with E-state index in [-0.39, 0.29) is 0 Å². The molecule has 17 heavy (non-hydrogen) atoms. The molecular formula is C11H12N4O2. The fraction of sp³-hybridized carbons (Fsp3) is 0.273. The Morgan fingerprint density at radius 3 is 2.65 bits per heavy atom. The molecule has 6 heteroatoms. The number of hydrogen-bond acceptors (Lipinski definition) is 4. The fourth-order valence-electron chi connectivity index (χ4n) is 1.64. The lowest BCUT2D eigenvalue weighted by molar-refractivity contribution is -0.141. The van der Waals surface area contributed by atoms with E-state index in [2.05, 4.69) is 15.5 Å². The second kappa shape index (κ2) is 4.73. The molecule has 0 spiro atoms. The number of nitrogens with zero attached hydrogens (tertiary/aromatic N) is 4. The SMILES string of the molecule is Cc1nnnn1[C@H](Cc1ccccc1)C(=O)O. The number of carboxylic acids is 1. The highest BCUT2D eigenvalue weighted by molar-refractivity contribution is 5.72. The summed E-state index contributed by atoms with van der Waals surface area (Å²) in [6.45, 7) is 1.68. The van der Waals surface area contributed by atoms with Crippen molar-refractivity contribution in [2.45, 2.75) is 19.4 Å². The molecule has 1 N–H and O–H groups in total. The average molecular weight is 232 g/mol. The van der Waals surface area contributed by atoms with E-state index in [9.17, 15) is 9.90 Å². The molecule has 1 heterocycles. The molecule has 88 valence electrons. The molecule has 0 saturated carbocycles. The molecule has 0 unspecified atom stereocenters. The van der Waals surface area contributed by atoms with Gasteiger partial charge in [0.25, 0.3) is 0 Å². The minimum absolute atomic E-state index is 0.363. The number of aryl methyl sites for hydroxylation is 1. The van der Waals surface area contributed by atoms with E-state index in [0.717, 1.165) is 5.56 Å². The first-order valence-corrected chi connectivity index (χ1v) is 5.19. The largest absolute Gasteiger partial charge is 0.480 e. The Hall–Kier alpha value is -2.24. The van der Waals surface area contributed by atoms with Gasteiger partial charge in [-0.1, -0.05) is 30.3 Å². The van der Waals surface area contributed by atoms with Crippen LogP contribution in [0.3, 0.4) is 0 Å². The highest BCUT2D eigenvalue weighted by atomic mass is 16.4. The summed E-state index contributed by atoms with van der Waals surface area (Å²) < 4.78 is 1.33. The van der Waals surface area contributed by atoms with Gasteiger partial charge >= 0.3 is 5.97 Å². The molecule has 1 aromatic heterocycles. The first-order valence-electron chi connectivity index (χ1n) is 5.19. The first kappa shape index (κ1) is 11.3. The first-order chi connectivity index (χ1) is 8.18. The van der Waals surface area contributed by atoms with Crippen LogP contribution in [-0.4, -0.2) is 31.3 Å². The van der Waals surface area contributed by atoms with E-state index in [1.54, 1.807) is 6.92 Å². The van der Waals surface area contributed by atoms with Crippen LogP contribution < -0.4 is 0 Å². The van der Waals surface area contributed by atoms with Crippen LogP contribution in [0.5, 0.6) is 0 Å². The smallest absolute Gasteiger partial charge is 0.328 e. The lowest BCUT2D eigenvalue weighted by Crippen LogP contribution is -2.23. The summed E-state index contributed by atoms with van der Waals surface area (Å²) in [7, 11) is 0. The Labute approximate surface area is 97.9 Å². The van der Waals surface area contributed by atoms with Gasteiger partial charge in [-0.2, -0.15) is 0 Å². The van der Waals surface area contributed by atoms with Crippen molar-refractivity contribution in [2.75, 3.05) is 0 Å². The fourth-order valence-corrected chi connectivity index (χ4v) is 1.64. The van der Waals surface area contributed by atoms with Gasteiger partial charge in [-0.25, -0.2) is 9.48 Å². The highest BCUT2D eigenvalue weighted by Crippen LogP contribution is 2.14. The van der Waals surface area contributed by atoms with Crippen molar-refractivity contribution in [3.63, 3.8) is 0 Å². The number of rotatable bonds is 4. The van der Waals surface area contributed by atoms with E-state index >= 15 is 0 Å². The predicted molar refractivity (Wildman–Crippen MR) is 59.4 cm³/mol. The number of hydrogen-bond donors (Lipinski definition) is 1. The van der Waals surface area contributed by atoms with Crippen molar-refractivity contribution in [3.05, 3.63) is 41.7 Å². The third-order valence-electron chi connectivity index (χ3n) is 2.51. The van der Waals surface area contributed by atoms with Crippen LogP contribution in [0.4, 0.5) is 0 Å². The van der Waals surface area contributed by atoms with Crippen molar-refractivity contribution in [1.29, 1.82) is 0 Å². The summed E-state index contributed by atoms with van der Waals surface area (Å²) in [6.07, 6.45) is 0.363. The van der Waals surface area contributed by atoms with Gasteiger partial charge in [-0.05, 0) is 22.9 Å². The molecule has 0 aliphatic carbocycles. The molecule has 0 fully saturated rings. The number of aliphatic carboxylic acids is 1. The second-order valence-electron chi connectivity index (χ2n) is 3.71. The quantitative estimate of drug-likeness (QED) is 0.845. The van der Waals surface area contributed by atoms with Crippen molar-refractivity contribution in [3.8, 4) is 0 Å². The molecule has 0 amide bonds. The minimum atomic E-state index is -0.941. The molecule has 0 radical (unpaired) electrons. The summed E-state index contributed by atoms with van der Waals surface area (Å²) in [6, 6.07) is 8.64. The summed E-state index contributed by atoms with van der Waals surface area (Å²) in [4.78, 5) is 11.2. The topological polar surface area (TPSA) is 80.9 Å². The molecule has 0 aliphatic rings. The Morgan fingerprint density at radius 2 is 2.12 bits per heavy atom. The maximum Gasteiger partial charge on any atom is 0.328 e. The maximum absolute atomic E-state index is 11.2. The summed E-state index contributed by atoms with van der Waals surface area (Å²) in [5, 5.41) is 20.1. The summed E-state index contributed by atoms with van der Waals surface area (Å²) in [5.41, 5.74) is 0.940. The van der Waals surface area contributed by atoms with Crippen LogP contribution in [0.25, 0.3) is 0 Å². The van der Waals surface area contributed by atoms with Crippen molar-refractivity contribution < 1.29 is 9.90 Å². The summed E-state index contributed by atoms with van der Waals surface area (Å²) in [5.74, 6) is -0.447. The van der Waals surface area contributed by atoms with Crippen molar-refractivity contribution in [1.82, 2.24) is 20.2 Å². The predicted octanol–water partition coefficient (Wildman–Crippen LogP) is 0.850. The minimum Gasteiger partial charge on any atom is -0.480 e. The number of carboxylic acid groups (broad SMARTS) is 1. The van der Waals surface area contributed by atoms with E-state index in [1.165, 1.54) is 4.68 Å². The third kappa shape index (κ3) is 2.47. The van der Waals surface area contributed by atoms with Crippen LogP contribution in [0, 0.1) is 6.92 Å². The number of tetrazole rings is 1. The maximum atomic E-state index is 11.2. The van der Waals surface area contributed by atoms with Gasteiger partial charge in [-0.15, -0.1) is 5.10 Å². The standard InChI is InChI=1S/C11H12N4O2/c1-8-12-13-14-15(8)10(11(16)17)7-9-5-3-2-4-6-9/h2-6,10H,7H2,1H3,(H,16,17)/t10-/m1/s1. The van der Waals surface area contributed by atoms with Crippen LogP contribution in [-0.2, 0) is 11.2 Å². The second-order valence-corrected chi connectivity index (χ2v) is 3.71. The van der Waals surface area contributed by atoms with Gasteiger partial charge in [0.15, 0.2) is 6.04 Å². The normalized spacial score (nSPS) is 12.3. The molecule has 0 saturated heterocycles. The highest BCUT2D eigenvalue weighted by Gasteiger charge is 2.23. The summed E-state index contributed by atoms with van der Waals surface area (Å²) >= 11 is 0. The van der Waals surface area contributed by atoms with Crippen molar-refractivity contribution in [2.24, 2.45) is 0 Å². The molecule has 2 rings (SSSR count). The Kier molecular flexibility index (Phi) is 3.13. The Bertz CT molecular complexity index is 509. The van der Waals surface area contributed by atoms with E-state index < -0.39 is 12.0 Å². The van der Waals surface area contributed by atoms with Gasteiger partial charge in [0, 0.05) is 6.42 Å². The zero-order chi connectivity index (χ0) is 12.3. The molecule has 1 atom stereocenters. The van der Waals surface area contributed by atoms with Gasteiger partial charge < -0.3 is 5.11 Å². The van der Waals surface area contributed by atoms with Crippen LogP contribution in [0.15, 0.2) is 30.3 Å². The molecular weight excluding hydrogens is 220 g/mol. The Morgan fingerprint density at radius 1 is 1.41 bits per heavy atom. The molecule has 6 nitrogen and oxygen atoms in total. The number of carbonyl (C=O) groups is 1. The van der Waals surface area contributed by atoms with Crippen LogP contribution >= 0.6 is 0 Å². The van der Waals surface area contributed by atoms with Crippen LogP contribution in [0.1, 0.15) is 17.4 Å². The zero-order valence-electron chi connectivity index (χ0n) is 9.32. The van der Waals surface area contributed by atoms with Gasteiger partial charge in [0.1, 0.15) is 5.82 Å². The van der Waals surface area contributed by atoms with E-state index in [0.29, 0.717) is 12.2 Å². The molecule has 1 aromatic carbocycles. The monoisotopic (exact) mass is 232 g/mol. The van der Waals surface area contributed by atoms with E-state index in [4.69, 9.17) is 0 Å². The number of benzene rings is 1. The van der Waals surface area contributed by atoms with Crippen LogP contribution in [0.2, 0.25) is 0 Å². The molecule has 0 aliphatic heterocycles.